The normalized spacial score (nSPS) is 16.8. The summed E-state index contributed by atoms with van der Waals surface area (Å²) in [4.78, 5) is 1.38. The van der Waals surface area contributed by atoms with E-state index in [-0.39, 0.29) is 0 Å². The maximum Gasteiger partial charge on any atom is 0.142 e. The van der Waals surface area contributed by atoms with Crippen LogP contribution in [0.4, 0.5) is 0 Å². The van der Waals surface area contributed by atoms with Gasteiger partial charge in [-0.05, 0) is 24.7 Å². The van der Waals surface area contributed by atoms with Crippen LogP contribution in [0.1, 0.15) is 17.0 Å². The summed E-state index contributed by atoms with van der Waals surface area (Å²) < 4.78 is 6.08. The van der Waals surface area contributed by atoms with Crippen molar-refractivity contribution in [3.8, 4) is 5.75 Å². The molecule has 110 valence electrons. The van der Waals surface area contributed by atoms with Crippen molar-refractivity contribution in [2.75, 3.05) is 19.4 Å². The molecule has 0 aliphatic carbocycles. The SMILES string of the molecule is CNCc1cccc(Cl)c1OCC1CSc2ccccc21. The van der Waals surface area contributed by atoms with Gasteiger partial charge >= 0.3 is 0 Å². The second kappa shape index (κ2) is 6.73. The van der Waals surface area contributed by atoms with E-state index in [4.69, 9.17) is 16.3 Å². The first-order valence-electron chi connectivity index (χ1n) is 7.06. The Morgan fingerprint density at radius 3 is 2.95 bits per heavy atom. The number of hydrogen-bond donors (Lipinski definition) is 1. The van der Waals surface area contributed by atoms with Gasteiger partial charge in [0, 0.05) is 28.7 Å². The highest BCUT2D eigenvalue weighted by atomic mass is 35.5. The Balaban J connectivity index is 1.74. The number of ether oxygens (including phenoxy) is 1. The molecule has 0 amide bonds. The monoisotopic (exact) mass is 319 g/mol. The van der Waals surface area contributed by atoms with Crippen molar-refractivity contribution in [1.29, 1.82) is 0 Å². The number of thioether (sulfide) groups is 1. The molecular formula is C17H18ClNOS. The first-order valence-corrected chi connectivity index (χ1v) is 8.42. The Morgan fingerprint density at radius 1 is 1.24 bits per heavy atom. The zero-order valence-electron chi connectivity index (χ0n) is 11.9. The highest BCUT2D eigenvalue weighted by molar-refractivity contribution is 7.99. The van der Waals surface area contributed by atoms with E-state index in [0.29, 0.717) is 17.5 Å². The maximum absolute atomic E-state index is 6.29. The molecule has 0 radical (unpaired) electrons. The summed E-state index contributed by atoms with van der Waals surface area (Å²) in [6.45, 7) is 1.43. The second-order valence-corrected chi connectivity index (χ2v) is 6.58. The summed E-state index contributed by atoms with van der Waals surface area (Å²) >= 11 is 8.20. The predicted octanol–water partition coefficient (Wildman–Crippen LogP) is 4.33. The lowest BCUT2D eigenvalue weighted by Gasteiger charge is -2.16. The average molecular weight is 320 g/mol. The van der Waals surface area contributed by atoms with Gasteiger partial charge in [-0.25, -0.2) is 0 Å². The molecule has 1 N–H and O–H groups in total. The number of rotatable bonds is 5. The van der Waals surface area contributed by atoms with Gasteiger partial charge in [0.05, 0.1) is 11.6 Å². The van der Waals surface area contributed by atoms with Crippen molar-refractivity contribution < 1.29 is 4.74 Å². The number of benzene rings is 2. The molecule has 2 nitrogen and oxygen atoms in total. The number of para-hydroxylation sites is 1. The molecule has 0 aromatic heterocycles. The van der Waals surface area contributed by atoms with E-state index in [1.54, 1.807) is 0 Å². The van der Waals surface area contributed by atoms with E-state index in [9.17, 15) is 0 Å². The highest BCUT2D eigenvalue weighted by Gasteiger charge is 2.23. The van der Waals surface area contributed by atoms with Crippen LogP contribution < -0.4 is 10.1 Å². The standard InChI is InChI=1S/C17H18ClNOS/c1-19-9-12-5-4-7-15(18)17(12)20-10-13-11-21-16-8-3-2-6-14(13)16/h2-8,13,19H,9-11H2,1H3. The van der Waals surface area contributed by atoms with Gasteiger partial charge in [0.1, 0.15) is 5.75 Å². The summed E-state index contributed by atoms with van der Waals surface area (Å²) in [6.07, 6.45) is 0. The molecular weight excluding hydrogens is 302 g/mol. The maximum atomic E-state index is 6.29. The summed E-state index contributed by atoms with van der Waals surface area (Å²) in [7, 11) is 1.93. The molecule has 2 aromatic rings. The van der Waals surface area contributed by atoms with Gasteiger partial charge in [-0.3, -0.25) is 0 Å². The van der Waals surface area contributed by atoms with Gasteiger partial charge in [-0.2, -0.15) is 0 Å². The van der Waals surface area contributed by atoms with Crippen LogP contribution in [0.5, 0.6) is 5.75 Å². The molecule has 4 heteroatoms. The Morgan fingerprint density at radius 2 is 2.10 bits per heavy atom. The molecule has 1 aliphatic heterocycles. The van der Waals surface area contributed by atoms with E-state index < -0.39 is 0 Å². The quantitative estimate of drug-likeness (QED) is 0.886. The van der Waals surface area contributed by atoms with Crippen LogP contribution in [0, 0.1) is 0 Å². The van der Waals surface area contributed by atoms with Crippen LogP contribution in [0.15, 0.2) is 47.4 Å². The summed E-state index contributed by atoms with van der Waals surface area (Å²) in [5, 5.41) is 3.83. The van der Waals surface area contributed by atoms with Gasteiger partial charge < -0.3 is 10.1 Å². The van der Waals surface area contributed by atoms with Crippen LogP contribution in [-0.2, 0) is 6.54 Å². The molecule has 0 fully saturated rings. The van der Waals surface area contributed by atoms with Crippen LogP contribution >= 0.6 is 23.4 Å². The molecule has 1 heterocycles. The Kier molecular flexibility index (Phi) is 4.73. The van der Waals surface area contributed by atoms with Gasteiger partial charge in [0.25, 0.3) is 0 Å². The lowest BCUT2D eigenvalue weighted by Crippen LogP contribution is -2.13. The fraction of sp³-hybridized carbons (Fsp3) is 0.294. The topological polar surface area (TPSA) is 21.3 Å². The molecule has 0 saturated heterocycles. The predicted molar refractivity (Wildman–Crippen MR) is 89.6 cm³/mol. The third-order valence-corrected chi connectivity index (χ3v) is 5.19. The van der Waals surface area contributed by atoms with Crippen LogP contribution in [0.3, 0.4) is 0 Å². The van der Waals surface area contributed by atoms with Gasteiger partial charge in [-0.15, -0.1) is 11.8 Å². The van der Waals surface area contributed by atoms with E-state index in [1.165, 1.54) is 10.5 Å². The van der Waals surface area contributed by atoms with E-state index in [0.717, 1.165) is 23.6 Å². The molecule has 3 rings (SSSR count). The van der Waals surface area contributed by atoms with Gasteiger partial charge in [0.2, 0.25) is 0 Å². The number of fused-ring (bicyclic) bond motifs is 1. The van der Waals surface area contributed by atoms with Crippen molar-refractivity contribution in [1.82, 2.24) is 5.32 Å². The molecule has 0 saturated carbocycles. The third-order valence-electron chi connectivity index (χ3n) is 3.64. The average Bonchev–Trinajstić information content (AvgIpc) is 2.90. The van der Waals surface area contributed by atoms with E-state index in [1.807, 2.05) is 30.9 Å². The lowest BCUT2D eigenvalue weighted by atomic mass is 10.0. The minimum absolute atomic E-state index is 0.435. The molecule has 2 aromatic carbocycles. The lowest BCUT2D eigenvalue weighted by molar-refractivity contribution is 0.295. The zero-order chi connectivity index (χ0) is 14.7. The van der Waals surface area contributed by atoms with Crippen molar-refractivity contribution in [3.05, 3.63) is 58.6 Å². The minimum Gasteiger partial charge on any atom is -0.491 e. The first kappa shape index (κ1) is 14.8. The zero-order valence-corrected chi connectivity index (χ0v) is 13.5. The number of halogens is 1. The van der Waals surface area contributed by atoms with E-state index in [2.05, 4.69) is 35.6 Å². The number of nitrogens with one attached hydrogen (secondary N) is 1. The van der Waals surface area contributed by atoms with Gasteiger partial charge in [0.15, 0.2) is 0 Å². The molecule has 1 aliphatic rings. The van der Waals surface area contributed by atoms with Crippen molar-refractivity contribution in [3.63, 3.8) is 0 Å². The van der Waals surface area contributed by atoms with Crippen molar-refractivity contribution in [2.24, 2.45) is 0 Å². The largest absolute Gasteiger partial charge is 0.491 e. The fourth-order valence-electron chi connectivity index (χ4n) is 2.60. The minimum atomic E-state index is 0.435. The Labute approximate surface area is 134 Å². The van der Waals surface area contributed by atoms with Crippen LogP contribution in [0.25, 0.3) is 0 Å². The third kappa shape index (κ3) is 3.20. The van der Waals surface area contributed by atoms with Crippen LogP contribution in [-0.4, -0.2) is 19.4 Å². The van der Waals surface area contributed by atoms with E-state index >= 15 is 0 Å². The highest BCUT2D eigenvalue weighted by Crippen LogP contribution is 2.40. The molecule has 1 atom stereocenters. The van der Waals surface area contributed by atoms with Crippen LogP contribution in [0.2, 0.25) is 5.02 Å². The first-order chi connectivity index (χ1) is 10.3. The second-order valence-electron chi connectivity index (χ2n) is 5.12. The van der Waals surface area contributed by atoms with Crippen molar-refractivity contribution in [2.45, 2.75) is 17.4 Å². The smallest absolute Gasteiger partial charge is 0.142 e. The summed E-state index contributed by atoms with van der Waals surface area (Å²) in [6, 6.07) is 14.5. The summed E-state index contributed by atoms with van der Waals surface area (Å²) in [5.41, 5.74) is 2.49. The molecule has 0 bridgehead atoms. The number of hydrogen-bond acceptors (Lipinski definition) is 3. The summed E-state index contributed by atoms with van der Waals surface area (Å²) in [5.74, 6) is 2.32. The molecule has 1 unspecified atom stereocenters. The van der Waals surface area contributed by atoms with Gasteiger partial charge in [-0.1, -0.05) is 41.9 Å². The fourth-order valence-corrected chi connectivity index (χ4v) is 4.08. The molecule has 21 heavy (non-hydrogen) atoms. The van der Waals surface area contributed by atoms with Crippen molar-refractivity contribution >= 4 is 23.4 Å². The Hall–Kier alpha value is -1.16. The Bertz CT molecular complexity index is 632. The molecule has 0 spiro atoms.